The second-order valence-corrected chi connectivity index (χ2v) is 5.75. The third kappa shape index (κ3) is 2.87. The van der Waals surface area contributed by atoms with Gasteiger partial charge in [0, 0.05) is 12.0 Å². The van der Waals surface area contributed by atoms with Crippen LogP contribution in [0.1, 0.15) is 56.7 Å². The van der Waals surface area contributed by atoms with E-state index < -0.39 is 0 Å². The summed E-state index contributed by atoms with van der Waals surface area (Å²) in [6.07, 6.45) is 1.36. The summed E-state index contributed by atoms with van der Waals surface area (Å²) >= 11 is 0. The van der Waals surface area contributed by atoms with E-state index in [9.17, 15) is 9.90 Å². The SMILES string of the molecule is Cc1ccc(C(C)(C)C)c(O)c1C(C)CC=O. The molecule has 0 saturated heterocycles. The van der Waals surface area contributed by atoms with Gasteiger partial charge in [-0.2, -0.15) is 0 Å². The fraction of sp³-hybridized carbons (Fsp3) is 0.533. The van der Waals surface area contributed by atoms with Crippen molar-refractivity contribution in [3.63, 3.8) is 0 Å². The van der Waals surface area contributed by atoms with Gasteiger partial charge in [0.05, 0.1) is 0 Å². The summed E-state index contributed by atoms with van der Waals surface area (Å²) in [4.78, 5) is 10.6. The zero-order chi connectivity index (χ0) is 13.2. The van der Waals surface area contributed by atoms with Gasteiger partial charge in [-0.25, -0.2) is 0 Å². The maximum absolute atomic E-state index is 10.6. The summed E-state index contributed by atoms with van der Waals surface area (Å²) in [7, 11) is 0. The van der Waals surface area contributed by atoms with E-state index in [1.807, 2.05) is 26.0 Å². The molecule has 17 heavy (non-hydrogen) atoms. The minimum Gasteiger partial charge on any atom is -0.507 e. The molecule has 0 spiro atoms. The summed E-state index contributed by atoms with van der Waals surface area (Å²) in [5.41, 5.74) is 2.80. The number of hydrogen-bond donors (Lipinski definition) is 1. The predicted molar refractivity (Wildman–Crippen MR) is 70.6 cm³/mol. The molecule has 0 amide bonds. The number of hydrogen-bond acceptors (Lipinski definition) is 2. The van der Waals surface area contributed by atoms with E-state index in [0.717, 1.165) is 23.0 Å². The van der Waals surface area contributed by atoms with Crippen LogP contribution in [-0.2, 0) is 10.2 Å². The number of carbonyl (C=O) groups is 1. The van der Waals surface area contributed by atoms with E-state index >= 15 is 0 Å². The van der Waals surface area contributed by atoms with Crippen molar-refractivity contribution in [3.05, 3.63) is 28.8 Å². The number of carbonyl (C=O) groups excluding carboxylic acids is 1. The molecule has 0 saturated carbocycles. The summed E-state index contributed by atoms with van der Waals surface area (Å²) in [6.45, 7) is 10.2. The number of phenolic OH excluding ortho intramolecular Hbond substituents is 1. The molecule has 1 rings (SSSR count). The van der Waals surface area contributed by atoms with Crippen LogP contribution in [0.25, 0.3) is 0 Å². The van der Waals surface area contributed by atoms with E-state index in [-0.39, 0.29) is 11.3 Å². The third-order valence-electron chi connectivity index (χ3n) is 3.19. The highest BCUT2D eigenvalue weighted by atomic mass is 16.3. The molecule has 1 atom stereocenters. The van der Waals surface area contributed by atoms with Crippen LogP contribution in [-0.4, -0.2) is 11.4 Å². The summed E-state index contributed by atoms with van der Waals surface area (Å²) in [5.74, 6) is 0.418. The second-order valence-electron chi connectivity index (χ2n) is 5.75. The predicted octanol–water partition coefficient (Wildman–Crippen LogP) is 3.69. The quantitative estimate of drug-likeness (QED) is 0.810. The minimum absolute atomic E-state index is 0.0646. The van der Waals surface area contributed by atoms with Crippen molar-refractivity contribution in [3.8, 4) is 5.75 Å². The number of aldehydes is 1. The van der Waals surface area contributed by atoms with Crippen LogP contribution < -0.4 is 0 Å². The first-order valence-electron chi connectivity index (χ1n) is 6.05. The van der Waals surface area contributed by atoms with Gasteiger partial charge in [0.25, 0.3) is 0 Å². The van der Waals surface area contributed by atoms with Crippen molar-refractivity contribution in [2.45, 2.75) is 52.4 Å². The first kappa shape index (κ1) is 13.8. The van der Waals surface area contributed by atoms with E-state index in [1.165, 1.54) is 0 Å². The number of benzene rings is 1. The smallest absolute Gasteiger partial charge is 0.123 e. The number of aryl methyl sites for hydroxylation is 1. The van der Waals surface area contributed by atoms with Crippen LogP contribution in [0.4, 0.5) is 0 Å². The van der Waals surface area contributed by atoms with Crippen molar-refractivity contribution >= 4 is 6.29 Å². The van der Waals surface area contributed by atoms with Crippen LogP contribution in [0.15, 0.2) is 12.1 Å². The first-order chi connectivity index (χ1) is 7.79. The van der Waals surface area contributed by atoms with Gasteiger partial charge in [0.1, 0.15) is 12.0 Å². The Labute approximate surface area is 104 Å². The highest BCUT2D eigenvalue weighted by Crippen LogP contribution is 2.38. The van der Waals surface area contributed by atoms with Crippen LogP contribution in [0.5, 0.6) is 5.75 Å². The summed E-state index contributed by atoms with van der Waals surface area (Å²) < 4.78 is 0. The lowest BCUT2D eigenvalue weighted by Gasteiger charge is -2.24. The Morgan fingerprint density at radius 3 is 2.41 bits per heavy atom. The topological polar surface area (TPSA) is 37.3 Å². The lowest BCUT2D eigenvalue weighted by atomic mass is 9.81. The molecule has 1 aromatic carbocycles. The van der Waals surface area contributed by atoms with E-state index in [4.69, 9.17) is 0 Å². The first-order valence-corrected chi connectivity index (χ1v) is 6.05. The molecule has 1 unspecified atom stereocenters. The molecule has 94 valence electrons. The molecule has 1 aromatic rings. The lowest BCUT2D eigenvalue weighted by molar-refractivity contribution is -0.108. The van der Waals surface area contributed by atoms with Gasteiger partial charge in [-0.3, -0.25) is 0 Å². The Bertz CT molecular complexity index is 414. The van der Waals surface area contributed by atoms with E-state index in [2.05, 4.69) is 20.8 Å². The Morgan fingerprint density at radius 1 is 1.35 bits per heavy atom. The maximum atomic E-state index is 10.6. The Balaban J connectivity index is 3.34. The standard InChI is InChI=1S/C15H22O2/c1-10-6-7-12(15(3,4)5)14(17)13(10)11(2)8-9-16/h6-7,9,11,17H,8H2,1-5H3. The molecular weight excluding hydrogens is 212 g/mol. The van der Waals surface area contributed by atoms with Crippen LogP contribution in [0.2, 0.25) is 0 Å². The van der Waals surface area contributed by atoms with E-state index in [1.54, 1.807) is 0 Å². The second kappa shape index (κ2) is 4.91. The van der Waals surface area contributed by atoms with E-state index in [0.29, 0.717) is 12.2 Å². The average Bonchev–Trinajstić information content (AvgIpc) is 2.15. The van der Waals surface area contributed by atoms with Gasteiger partial charge in [-0.15, -0.1) is 0 Å². The normalized spacial score (nSPS) is 13.5. The summed E-state index contributed by atoms with van der Waals surface area (Å²) in [5, 5.41) is 10.4. The molecule has 0 aromatic heterocycles. The number of rotatable bonds is 3. The Hall–Kier alpha value is -1.31. The molecule has 0 aliphatic heterocycles. The zero-order valence-corrected chi connectivity index (χ0v) is 11.4. The molecule has 1 N–H and O–H groups in total. The average molecular weight is 234 g/mol. The van der Waals surface area contributed by atoms with Crippen LogP contribution in [0.3, 0.4) is 0 Å². The van der Waals surface area contributed by atoms with Crippen LogP contribution in [0, 0.1) is 6.92 Å². The van der Waals surface area contributed by atoms with Gasteiger partial charge in [0.15, 0.2) is 0 Å². The van der Waals surface area contributed by atoms with Gasteiger partial charge < -0.3 is 9.90 Å². The lowest BCUT2D eigenvalue weighted by Crippen LogP contribution is -2.13. The fourth-order valence-corrected chi connectivity index (χ4v) is 2.20. The molecule has 0 aliphatic rings. The molecular formula is C15H22O2. The third-order valence-corrected chi connectivity index (χ3v) is 3.19. The van der Waals surface area contributed by atoms with Gasteiger partial charge in [0.2, 0.25) is 0 Å². The fourth-order valence-electron chi connectivity index (χ4n) is 2.20. The van der Waals surface area contributed by atoms with Crippen molar-refractivity contribution in [1.29, 1.82) is 0 Å². The highest BCUT2D eigenvalue weighted by molar-refractivity contribution is 5.55. The van der Waals surface area contributed by atoms with Crippen molar-refractivity contribution in [2.24, 2.45) is 0 Å². The molecule has 0 radical (unpaired) electrons. The number of phenols is 1. The van der Waals surface area contributed by atoms with Gasteiger partial charge in [-0.1, -0.05) is 39.8 Å². The largest absolute Gasteiger partial charge is 0.507 e. The molecule has 2 heteroatoms. The molecule has 0 bridgehead atoms. The highest BCUT2D eigenvalue weighted by Gasteiger charge is 2.23. The Morgan fingerprint density at radius 2 is 1.94 bits per heavy atom. The molecule has 0 heterocycles. The van der Waals surface area contributed by atoms with Gasteiger partial charge >= 0.3 is 0 Å². The minimum atomic E-state index is -0.0898. The van der Waals surface area contributed by atoms with Crippen molar-refractivity contribution < 1.29 is 9.90 Å². The molecule has 0 fully saturated rings. The zero-order valence-electron chi connectivity index (χ0n) is 11.4. The van der Waals surface area contributed by atoms with Crippen molar-refractivity contribution in [2.75, 3.05) is 0 Å². The van der Waals surface area contributed by atoms with Crippen LogP contribution >= 0.6 is 0 Å². The van der Waals surface area contributed by atoms with Crippen molar-refractivity contribution in [1.82, 2.24) is 0 Å². The maximum Gasteiger partial charge on any atom is 0.123 e. The molecule has 0 aliphatic carbocycles. The molecule has 2 nitrogen and oxygen atoms in total. The Kier molecular flexibility index (Phi) is 3.97. The number of aromatic hydroxyl groups is 1. The van der Waals surface area contributed by atoms with Gasteiger partial charge in [-0.05, 0) is 29.4 Å². The summed E-state index contributed by atoms with van der Waals surface area (Å²) in [6, 6.07) is 4.00. The monoisotopic (exact) mass is 234 g/mol.